The summed E-state index contributed by atoms with van der Waals surface area (Å²) in [6.45, 7) is 3.49. The van der Waals surface area contributed by atoms with E-state index >= 15 is 0 Å². The number of carbonyl (C=O) groups is 3. The number of nitrogens with zero attached hydrogens (tertiary/aromatic N) is 4. The SMILES string of the molecule is CC(C)=NOC(=O)COCc1ccccc1.NC(=O)c1ncn([C@@H]2O[C@H](COC(=O)COCc3ccccc3)C(O)[C@H]2O)n1. The van der Waals surface area contributed by atoms with E-state index in [0.29, 0.717) is 12.3 Å². The average Bonchev–Trinajstić information content (AvgIpc) is 3.61. The summed E-state index contributed by atoms with van der Waals surface area (Å²) in [4.78, 5) is 42.2. The zero-order valence-corrected chi connectivity index (χ0v) is 24.2. The Morgan fingerprint density at radius 1 is 0.909 bits per heavy atom. The van der Waals surface area contributed by atoms with E-state index in [4.69, 9.17) is 24.7 Å². The van der Waals surface area contributed by atoms with Crippen LogP contribution in [0.3, 0.4) is 0 Å². The highest BCUT2D eigenvalue weighted by atomic mass is 16.7. The molecule has 1 amide bonds. The van der Waals surface area contributed by atoms with Gasteiger partial charge < -0.3 is 39.7 Å². The Kier molecular flexibility index (Phi) is 13.5. The van der Waals surface area contributed by atoms with Crippen molar-refractivity contribution in [3.63, 3.8) is 0 Å². The van der Waals surface area contributed by atoms with Crippen LogP contribution in [-0.2, 0) is 46.6 Å². The van der Waals surface area contributed by atoms with Gasteiger partial charge in [-0.2, -0.15) is 0 Å². The van der Waals surface area contributed by atoms with E-state index in [1.54, 1.807) is 13.8 Å². The molecule has 4 N–H and O–H groups in total. The van der Waals surface area contributed by atoms with Crippen LogP contribution in [0, 0.1) is 0 Å². The van der Waals surface area contributed by atoms with Gasteiger partial charge in [0.2, 0.25) is 5.82 Å². The second kappa shape index (κ2) is 17.5. The minimum Gasteiger partial charge on any atom is -0.461 e. The van der Waals surface area contributed by atoms with Crippen LogP contribution in [0.4, 0.5) is 0 Å². The first-order valence-electron chi connectivity index (χ1n) is 13.5. The van der Waals surface area contributed by atoms with Crippen molar-refractivity contribution in [1.82, 2.24) is 14.8 Å². The Balaban J connectivity index is 0.000000281. The third-order valence-corrected chi connectivity index (χ3v) is 5.73. The van der Waals surface area contributed by atoms with Gasteiger partial charge in [-0.05, 0) is 25.0 Å². The molecule has 4 rings (SSSR count). The van der Waals surface area contributed by atoms with Gasteiger partial charge in [0, 0.05) is 0 Å². The van der Waals surface area contributed by atoms with Crippen LogP contribution >= 0.6 is 0 Å². The maximum absolute atomic E-state index is 11.8. The highest BCUT2D eigenvalue weighted by Gasteiger charge is 2.45. The molecule has 236 valence electrons. The van der Waals surface area contributed by atoms with Crippen LogP contribution in [0.1, 0.15) is 41.8 Å². The fourth-order valence-corrected chi connectivity index (χ4v) is 3.63. The molecule has 1 fully saturated rings. The lowest BCUT2D eigenvalue weighted by atomic mass is 10.1. The second-order valence-electron chi connectivity index (χ2n) is 9.60. The number of oxime groups is 1. The lowest BCUT2D eigenvalue weighted by Gasteiger charge is -2.14. The zero-order valence-electron chi connectivity index (χ0n) is 24.2. The van der Waals surface area contributed by atoms with Gasteiger partial charge in [-0.1, -0.05) is 65.8 Å². The molecule has 0 spiro atoms. The standard InChI is InChI=1S/C17H20N4O7.C12H15NO3/c18-15(25)16-19-9-21(20-16)17-14(24)13(23)11(28-17)7-27-12(22)8-26-6-10-4-2-1-3-5-10;1-10(2)13-16-12(14)9-15-8-11-6-4-3-5-7-11/h1-5,9,11,13-14,17,23-24H,6-8H2,(H2,18,25);3-7H,8-9H2,1-2H3/t11-,13?,14-,17-;/m1./s1. The fraction of sp³-hybridized carbons (Fsp3) is 0.379. The van der Waals surface area contributed by atoms with Gasteiger partial charge in [0.15, 0.2) is 6.23 Å². The zero-order chi connectivity index (χ0) is 31.9. The maximum atomic E-state index is 11.8. The number of carbonyl (C=O) groups excluding carboxylic acids is 3. The van der Waals surface area contributed by atoms with E-state index in [1.165, 1.54) is 0 Å². The van der Waals surface area contributed by atoms with Crippen molar-refractivity contribution < 1.29 is 48.4 Å². The van der Waals surface area contributed by atoms with Gasteiger partial charge in [0.05, 0.1) is 18.9 Å². The Hall–Kier alpha value is -4.54. The molecule has 0 aliphatic carbocycles. The Bertz CT molecular complexity index is 1370. The first kappa shape index (κ1) is 34.0. The molecular formula is C29H35N5O10. The van der Waals surface area contributed by atoms with Crippen molar-refractivity contribution in [2.45, 2.75) is 51.6 Å². The van der Waals surface area contributed by atoms with Crippen molar-refractivity contribution in [3.05, 3.63) is 83.9 Å². The van der Waals surface area contributed by atoms with E-state index in [2.05, 4.69) is 20.1 Å². The van der Waals surface area contributed by atoms with E-state index in [9.17, 15) is 24.6 Å². The molecule has 2 aromatic carbocycles. The number of hydrogen-bond acceptors (Lipinski definition) is 13. The number of primary amides is 1. The summed E-state index contributed by atoms with van der Waals surface area (Å²) in [7, 11) is 0. The fourth-order valence-electron chi connectivity index (χ4n) is 3.63. The van der Waals surface area contributed by atoms with Crippen LogP contribution in [0.15, 0.2) is 72.1 Å². The first-order chi connectivity index (χ1) is 21.1. The molecule has 2 heterocycles. The Morgan fingerprint density at radius 2 is 1.48 bits per heavy atom. The van der Waals surface area contributed by atoms with E-state index in [1.807, 2.05) is 60.7 Å². The number of aliphatic hydroxyl groups excluding tert-OH is 2. The number of rotatable bonds is 13. The molecule has 1 aliphatic heterocycles. The molecule has 1 unspecified atom stereocenters. The van der Waals surface area contributed by atoms with Crippen LogP contribution in [0.2, 0.25) is 0 Å². The number of nitrogens with two attached hydrogens (primary N) is 1. The van der Waals surface area contributed by atoms with Gasteiger partial charge in [-0.25, -0.2) is 19.3 Å². The predicted octanol–water partition coefficient (Wildman–Crippen LogP) is 0.898. The van der Waals surface area contributed by atoms with Crippen molar-refractivity contribution in [2.75, 3.05) is 19.8 Å². The summed E-state index contributed by atoms with van der Waals surface area (Å²) in [6.07, 6.45) is -3.63. The normalized spacial score (nSPS) is 18.9. The van der Waals surface area contributed by atoms with Gasteiger partial charge >= 0.3 is 11.9 Å². The summed E-state index contributed by atoms with van der Waals surface area (Å²) in [5.41, 5.74) is 7.70. The third-order valence-electron chi connectivity index (χ3n) is 5.73. The molecule has 3 aromatic rings. The molecule has 15 nitrogen and oxygen atoms in total. The molecule has 15 heteroatoms. The topological polar surface area (TPSA) is 207 Å². The number of hydrogen-bond donors (Lipinski definition) is 3. The van der Waals surface area contributed by atoms with Crippen LogP contribution in [-0.4, -0.2) is 86.7 Å². The number of aliphatic hydroxyl groups is 2. The lowest BCUT2D eigenvalue weighted by Crippen LogP contribution is -2.34. The molecule has 0 saturated carbocycles. The van der Waals surface area contributed by atoms with Crippen LogP contribution in [0.25, 0.3) is 0 Å². The molecule has 0 bridgehead atoms. The molecule has 1 aliphatic rings. The monoisotopic (exact) mass is 613 g/mol. The third kappa shape index (κ3) is 11.3. The molecule has 44 heavy (non-hydrogen) atoms. The quantitative estimate of drug-likeness (QED) is 0.106. The first-order valence-corrected chi connectivity index (χ1v) is 13.5. The minimum atomic E-state index is -1.36. The number of aromatic nitrogens is 3. The second-order valence-corrected chi connectivity index (χ2v) is 9.60. The Labute approximate surface area is 253 Å². The minimum absolute atomic E-state index is 0.0916. The smallest absolute Gasteiger partial charge is 0.360 e. The van der Waals surface area contributed by atoms with Crippen molar-refractivity contribution in [3.8, 4) is 0 Å². The summed E-state index contributed by atoms with van der Waals surface area (Å²) in [6, 6.07) is 18.9. The van der Waals surface area contributed by atoms with Gasteiger partial charge in [-0.3, -0.25) is 4.79 Å². The molecule has 0 radical (unpaired) electrons. The van der Waals surface area contributed by atoms with Crippen molar-refractivity contribution in [1.29, 1.82) is 0 Å². The van der Waals surface area contributed by atoms with Crippen molar-refractivity contribution in [2.24, 2.45) is 10.9 Å². The van der Waals surface area contributed by atoms with E-state index < -0.39 is 42.4 Å². The van der Waals surface area contributed by atoms with Gasteiger partial charge in [0.1, 0.15) is 44.5 Å². The largest absolute Gasteiger partial charge is 0.461 e. The number of amides is 1. The number of ether oxygens (including phenoxy) is 4. The van der Waals surface area contributed by atoms with Crippen LogP contribution in [0.5, 0.6) is 0 Å². The number of esters is 1. The average molecular weight is 614 g/mol. The molecule has 4 atom stereocenters. The summed E-state index contributed by atoms with van der Waals surface area (Å²) in [5.74, 6) is -2.22. The predicted molar refractivity (Wildman–Crippen MR) is 152 cm³/mol. The summed E-state index contributed by atoms with van der Waals surface area (Å²) in [5, 5.41) is 27.5. The van der Waals surface area contributed by atoms with Crippen molar-refractivity contribution >= 4 is 23.6 Å². The van der Waals surface area contributed by atoms with E-state index in [-0.39, 0.29) is 32.3 Å². The molecular weight excluding hydrogens is 578 g/mol. The highest BCUT2D eigenvalue weighted by molar-refractivity contribution is 5.88. The molecule has 1 aromatic heterocycles. The van der Waals surface area contributed by atoms with E-state index in [0.717, 1.165) is 22.1 Å². The Morgan fingerprint density at radius 3 is 2.00 bits per heavy atom. The highest BCUT2D eigenvalue weighted by Crippen LogP contribution is 2.29. The maximum Gasteiger partial charge on any atom is 0.360 e. The lowest BCUT2D eigenvalue weighted by molar-refractivity contribution is -0.155. The number of benzene rings is 2. The summed E-state index contributed by atoms with van der Waals surface area (Å²) < 4.78 is 22.0. The van der Waals surface area contributed by atoms with Crippen LogP contribution < -0.4 is 5.73 Å². The van der Waals surface area contributed by atoms with Gasteiger partial charge in [-0.15, -0.1) is 5.10 Å². The molecule has 1 saturated heterocycles. The van der Waals surface area contributed by atoms with Gasteiger partial charge in [0.25, 0.3) is 5.91 Å². The summed E-state index contributed by atoms with van der Waals surface area (Å²) >= 11 is 0.